The lowest BCUT2D eigenvalue weighted by Crippen LogP contribution is -2.05. The summed E-state index contributed by atoms with van der Waals surface area (Å²) < 4.78 is 5.36. The van der Waals surface area contributed by atoms with Crippen molar-refractivity contribution >= 4 is 45.4 Å². The van der Waals surface area contributed by atoms with E-state index >= 15 is 0 Å². The molecule has 0 aliphatic heterocycles. The van der Waals surface area contributed by atoms with Crippen molar-refractivity contribution in [1.82, 2.24) is 4.98 Å². The third-order valence-electron chi connectivity index (χ3n) is 2.15. The minimum absolute atomic E-state index is 0.208. The molecule has 2 aromatic rings. The van der Waals surface area contributed by atoms with Gasteiger partial charge in [0.15, 0.2) is 5.13 Å². The summed E-state index contributed by atoms with van der Waals surface area (Å²) in [5.74, 6) is -0.281. The minimum atomic E-state index is -0.281. The van der Waals surface area contributed by atoms with Crippen molar-refractivity contribution in [2.75, 3.05) is 12.4 Å². The van der Waals surface area contributed by atoms with E-state index in [9.17, 15) is 4.79 Å². The van der Waals surface area contributed by atoms with E-state index in [1.807, 2.05) is 17.5 Å². The molecule has 0 unspecified atom stereocenters. The van der Waals surface area contributed by atoms with Crippen LogP contribution in [0.1, 0.15) is 10.6 Å². The standard InChI is InChI=1S/C11H11ClN2O2S2/c1-16-10(15)4-7-6-17-11(14-7)13-5-8-2-3-9(12)18-8/h2-3,6H,4-5H2,1H3,(H,13,14). The van der Waals surface area contributed by atoms with Gasteiger partial charge in [0.2, 0.25) is 0 Å². The molecular weight excluding hydrogens is 292 g/mol. The van der Waals surface area contributed by atoms with Crippen LogP contribution in [0, 0.1) is 0 Å². The largest absolute Gasteiger partial charge is 0.469 e. The van der Waals surface area contributed by atoms with Gasteiger partial charge in [-0.1, -0.05) is 11.6 Å². The van der Waals surface area contributed by atoms with Crippen molar-refractivity contribution in [3.8, 4) is 0 Å². The van der Waals surface area contributed by atoms with Gasteiger partial charge in [0, 0.05) is 10.3 Å². The Kier molecular flexibility index (Phi) is 4.57. The van der Waals surface area contributed by atoms with E-state index in [0.29, 0.717) is 6.54 Å². The molecule has 0 atom stereocenters. The smallest absolute Gasteiger partial charge is 0.311 e. The highest BCUT2D eigenvalue weighted by molar-refractivity contribution is 7.16. The van der Waals surface area contributed by atoms with Gasteiger partial charge in [-0.3, -0.25) is 4.79 Å². The summed E-state index contributed by atoms with van der Waals surface area (Å²) >= 11 is 8.85. The van der Waals surface area contributed by atoms with Crippen LogP contribution in [0.2, 0.25) is 4.34 Å². The number of thiophene rings is 1. The molecule has 0 aliphatic carbocycles. The van der Waals surface area contributed by atoms with Gasteiger partial charge in [-0.15, -0.1) is 22.7 Å². The number of esters is 1. The molecular formula is C11H11ClN2O2S2. The molecule has 0 amide bonds. The summed E-state index contributed by atoms with van der Waals surface area (Å²) in [5, 5.41) is 5.83. The van der Waals surface area contributed by atoms with Crippen LogP contribution < -0.4 is 5.32 Å². The normalized spacial score (nSPS) is 10.3. The predicted molar refractivity (Wildman–Crippen MR) is 74.5 cm³/mol. The van der Waals surface area contributed by atoms with Gasteiger partial charge < -0.3 is 10.1 Å². The second-order valence-electron chi connectivity index (χ2n) is 3.46. The third kappa shape index (κ3) is 3.69. The maximum absolute atomic E-state index is 11.1. The molecule has 1 N–H and O–H groups in total. The van der Waals surface area contributed by atoms with Crippen LogP contribution in [0.15, 0.2) is 17.5 Å². The lowest BCUT2D eigenvalue weighted by Gasteiger charge is -1.99. The Labute approximate surface area is 118 Å². The number of thiazole rings is 1. The van der Waals surface area contributed by atoms with Gasteiger partial charge in [-0.2, -0.15) is 0 Å². The summed E-state index contributed by atoms with van der Waals surface area (Å²) in [6.07, 6.45) is 0.208. The minimum Gasteiger partial charge on any atom is -0.469 e. The first-order valence-electron chi connectivity index (χ1n) is 5.16. The number of carbonyl (C=O) groups excluding carboxylic acids is 1. The summed E-state index contributed by atoms with van der Waals surface area (Å²) in [4.78, 5) is 16.5. The molecule has 2 rings (SSSR count). The van der Waals surface area contributed by atoms with Gasteiger partial charge in [0.05, 0.1) is 30.1 Å². The zero-order valence-electron chi connectivity index (χ0n) is 9.60. The number of halogens is 1. The van der Waals surface area contributed by atoms with Crippen molar-refractivity contribution in [3.63, 3.8) is 0 Å². The van der Waals surface area contributed by atoms with Crippen LogP contribution in [-0.4, -0.2) is 18.1 Å². The highest BCUT2D eigenvalue weighted by Gasteiger charge is 2.07. The number of carbonyl (C=O) groups is 1. The molecule has 4 nitrogen and oxygen atoms in total. The fourth-order valence-corrected chi connectivity index (χ4v) is 3.04. The Hall–Kier alpha value is -1.11. The first-order valence-corrected chi connectivity index (χ1v) is 7.24. The molecule has 0 bridgehead atoms. The summed E-state index contributed by atoms with van der Waals surface area (Å²) in [6, 6.07) is 3.84. The Morgan fingerprint density at radius 1 is 1.56 bits per heavy atom. The summed E-state index contributed by atoms with van der Waals surface area (Å²) in [6.45, 7) is 0.683. The Morgan fingerprint density at radius 3 is 3.06 bits per heavy atom. The number of nitrogens with one attached hydrogen (secondary N) is 1. The zero-order chi connectivity index (χ0) is 13.0. The van der Waals surface area contributed by atoms with E-state index in [-0.39, 0.29) is 12.4 Å². The molecule has 0 aliphatic rings. The fraction of sp³-hybridized carbons (Fsp3) is 0.273. The highest BCUT2D eigenvalue weighted by Crippen LogP contribution is 2.23. The van der Waals surface area contributed by atoms with E-state index in [1.165, 1.54) is 29.8 Å². The lowest BCUT2D eigenvalue weighted by atomic mass is 10.3. The Bertz CT molecular complexity index is 539. The van der Waals surface area contributed by atoms with Crippen LogP contribution in [-0.2, 0) is 22.5 Å². The third-order valence-corrected chi connectivity index (χ3v) is 4.23. The van der Waals surface area contributed by atoms with Crippen molar-refractivity contribution in [2.24, 2.45) is 0 Å². The van der Waals surface area contributed by atoms with Crippen molar-refractivity contribution in [2.45, 2.75) is 13.0 Å². The van der Waals surface area contributed by atoms with E-state index in [1.54, 1.807) is 0 Å². The quantitative estimate of drug-likeness (QED) is 0.862. The molecule has 0 radical (unpaired) electrons. The van der Waals surface area contributed by atoms with Crippen molar-refractivity contribution < 1.29 is 9.53 Å². The Morgan fingerprint density at radius 2 is 2.39 bits per heavy atom. The van der Waals surface area contributed by atoms with Crippen molar-refractivity contribution in [3.05, 3.63) is 32.4 Å². The average molecular weight is 303 g/mol. The number of anilines is 1. The molecule has 0 saturated carbocycles. The number of rotatable bonds is 5. The predicted octanol–water partition coefficient (Wildman–Crippen LogP) is 3.19. The monoisotopic (exact) mass is 302 g/mol. The van der Waals surface area contributed by atoms with Gasteiger partial charge in [-0.25, -0.2) is 4.98 Å². The van der Waals surface area contributed by atoms with Gasteiger partial charge in [-0.05, 0) is 12.1 Å². The molecule has 2 aromatic heterocycles. The topological polar surface area (TPSA) is 51.2 Å². The maximum atomic E-state index is 11.1. The number of nitrogens with zero attached hydrogens (tertiary/aromatic N) is 1. The molecule has 96 valence electrons. The van der Waals surface area contributed by atoms with Crippen LogP contribution in [0.3, 0.4) is 0 Å². The SMILES string of the molecule is COC(=O)Cc1csc(NCc2ccc(Cl)s2)n1. The van der Waals surface area contributed by atoms with Gasteiger partial charge in [0.1, 0.15) is 0 Å². The van der Waals surface area contributed by atoms with Crippen LogP contribution in [0.25, 0.3) is 0 Å². The molecule has 2 heterocycles. The summed E-state index contributed by atoms with van der Waals surface area (Å²) in [5.41, 5.74) is 0.721. The van der Waals surface area contributed by atoms with E-state index < -0.39 is 0 Å². The number of hydrogen-bond donors (Lipinski definition) is 1. The molecule has 7 heteroatoms. The Balaban J connectivity index is 1.88. The maximum Gasteiger partial charge on any atom is 0.311 e. The molecule has 0 fully saturated rings. The molecule has 0 saturated heterocycles. The average Bonchev–Trinajstić information content (AvgIpc) is 2.96. The number of ether oxygens (including phenoxy) is 1. The van der Waals surface area contributed by atoms with E-state index in [2.05, 4.69) is 15.0 Å². The number of hydrogen-bond acceptors (Lipinski definition) is 6. The van der Waals surface area contributed by atoms with Crippen LogP contribution in [0.4, 0.5) is 5.13 Å². The first-order chi connectivity index (χ1) is 8.67. The summed E-state index contributed by atoms with van der Waals surface area (Å²) in [7, 11) is 1.37. The highest BCUT2D eigenvalue weighted by atomic mass is 35.5. The number of aromatic nitrogens is 1. The fourth-order valence-electron chi connectivity index (χ4n) is 1.30. The second-order valence-corrected chi connectivity index (χ2v) is 6.11. The van der Waals surface area contributed by atoms with E-state index in [0.717, 1.165) is 20.0 Å². The van der Waals surface area contributed by atoms with Crippen LogP contribution in [0.5, 0.6) is 0 Å². The van der Waals surface area contributed by atoms with E-state index in [4.69, 9.17) is 11.6 Å². The van der Waals surface area contributed by atoms with Gasteiger partial charge in [0.25, 0.3) is 0 Å². The zero-order valence-corrected chi connectivity index (χ0v) is 12.0. The first kappa shape index (κ1) is 13.3. The molecule has 0 spiro atoms. The second kappa shape index (κ2) is 6.17. The van der Waals surface area contributed by atoms with Crippen molar-refractivity contribution in [1.29, 1.82) is 0 Å². The molecule has 18 heavy (non-hydrogen) atoms. The van der Waals surface area contributed by atoms with Gasteiger partial charge >= 0.3 is 5.97 Å². The molecule has 0 aromatic carbocycles. The number of methoxy groups -OCH3 is 1. The van der Waals surface area contributed by atoms with Crippen LogP contribution >= 0.6 is 34.3 Å². The lowest BCUT2D eigenvalue weighted by molar-refractivity contribution is -0.139.